The fraction of sp³-hybridized carbons (Fsp3) is 0.412. The van der Waals surface area contributed by atoms with Crippen LogP contribution in [0.5, 0.6) is 0 Å². The zero-order chi connectivity index (χ0) is 30.1. The number of halogens is 2. The Kier molecular flexibility index (Phi) is 11.2. The van der Waals surface area contributed by atoms with Gasteiger partial charge < -0.3 is 20.6 Å². The Labute approximate surface area is 247 Å². The molecule has 0 radical (unpaired) electrons. The summed E-state index contributed by atoms with van der Waals surface area (Å²) in [6.07, 6.45) is 1.99. The van der Waals surface area contributed by atoms with Gasteiger partial charge in [0.2, 0.25) is 11.8 Å². The minimum atomic E-state index is -1.04. The van der Waals surface area contributed by atoms with Crippen molar-refractivity contribution in [3.8, 4) is 0 Å². The van der Waals surface area contributed by atoms with Crippen molar-refractivity contribution in [3.05, 3.63) is 101 Å². The van der Waals surface area contributed by atoms with Crippen LogP contribution in [0.3, 0.4) is 0 Å². The first-order valence-corrected chi connectivity index (χ1v) is 14.8. The van der Waals surface area contributed by atoms with Gasteiger partial charge in [0.15, 0.2) is 0 Å². The van der Waals surface area contributed by atoms with E-state index in [0.717, 1.165) is 36.6 Å². The Balaban J connectivity index is 1.39. The second-order valence-electron chi connectivity index (χ2n) is 11.2. The molecule has 4 rings (SSSR count). The van der Waals surface area contributed by atoms with E-state index in [-0.39, 0.29) is 37.8 Å². The Hall–Kier alpha value is -3.62. The largest absolute Gasteiger partial charge is 0.390 e. The SMILES string of the molecule is CCc1cccc(CNCC(O)C(Cc2cc(F)cc(F)c2)NC(=O)CCC(=O)N(c2ccccc2)C(C)C2CC2)c1. The predicted octanol–water partition coefficient (Wildman–Crippen LogP) is 5.32. The minimum absolute atomic E-state index is 0.00121. The van der Waals surface area contributed by atoms with Crippen LogP contribution in [0.1, 0.15) is 56.2 Å². The molecule has 42 heavy (non-hydrogen) atoms. The summed E-state index contributed by atoms with van der Waals surface area (Å²) >= 11 is 0. The summed E-state index contributed by atoms with van der Waals surface area (Å²) in [6, 6.07) is 20.0. The van der Waals surface area contributed by atoms with Crippen molar-refractivity contribution in [3.63, 3.8) is 0 Å². The van der Waals surface area contributed by atoms with Crippen molar-refractivity contribution >= 4 is 17.5 Å². The summed E-state index contributed by atoms with van der Waals surface area (Å²) < 4.78 is 27.8. The van der Waals surface area contributed by atoms with Crippen molar-refractivity contribution < 1.29 is 23.5 Å². The molecule has 3 unspecified atom stereocenters. The molecule has 1 aliphatic rings. The van der Waals surface area contributed by atoms with Gasteiger partial charge in [-0.1, -0.05) is 49.4 Å². The van der Waals surface area contributed by atoms with E-state index in [1.807, 2.05) is 49.4 Å². The van der Waals surface area contributed by atoms with Crippen LogP contribution in [-0.4, -0.2) is 41.7 Å². The molecule has 2 amide bonds. The first kappa shape index (κ1) is 31.3. The van der Waals surface area contributed by atoms with Gasteiger partial charge in [0.25, 0.3) is 0 Å². The van der Waals surface area contributed by atoms with Crippen molar-refractivity contribution in [2.75, 3.05) is 11.4 Å². The van der Waals surface area contributed by atoms with E-state index in [0.29, 0.717) is 18.0 Å². The van der Waals surface area contributed by atoms with Gasteiger partial charge in [0.05, 0.1) is 12.1 Å². The molecule has 0 bridgehead atoms. The third-order valence-corrected chi connectivity index (χ3v) is 7.85. The number of rotatable bonds is 15. The minimum Gasteiger partial charge on any atom is -0.390 e. The summed E-state index contributed by atoms with van der Waals surface area (Å²) in [7, 11) is 0. The summed E-state index contributed by atoms with van der Waals surface area (Å²) in [5.74, 6) is -1.56. The van der Waals surface area contributed by atoms with Crippen molar-refractivity contribution in [1.82, 2.24) is 10.6 Å². The van der Waals surface area contributed by atoms with Gasteiger partial charge in [-0.15, -0.1) is 0 Å². The molecule has 6 nitrogen and oxygen atoms in total. The third kappa shape index (κ3) is 9.19. The number of hydrogen-bond donors (Lipinski definition) is 3. The van der Waals surface area contributed by atoms with Crippen LogP contribution < -0.4 is 15.5 Å². The van der Waals surface area contributed by atoms with Gasteiger partial charge in [-0.2, -0.15) is 0 Å². The lowest BCUT2D eigenvalue weighted by atomic mass is 10.00. The first-order chi connectivity index (χ1) is 20.2. The number of aliphatic hydroxyl groups excluding tert-OH is 1. The number of anilines is 1. The smallest absolute Gasteiger partial charge is 0.227 e. The zero-order valence-electron chi connectivity index (χ0n) is 24.4. The Morgan fingerprint density at radius 1 is 0.929 bits per heavy atom. The fourth-order valence-corrected chi connectivity index (χ4v) is 5.34. The van der Waals surface area contributed by atoms with Gasteiger partial charge >= 0.3 is 0 Å². The molecule has 3 aromatic carbocycles. The molecule has 0 spiro atoms. The van der Waals surface area contributed by atoms with Gasteiger partial charge in [-0.25, -0.2) is 8.78 Å². The second-order valence-corrected chi connectivity index (χ2v) is 11.2. The highest BCUT2D eigenvalue weighted by atomic mass is 19.1. The molecule has 1 aliphatic carbocycles. The summed E-state index contributed by atoms with van der Waals surface area (Å²) in [5, 5.41) is 17.1. The highest BCUT2D eigenvalue weighted by Gasteiger charge is 2.35. The quantitative estimate of drug-likeness (QED) is 0.229. The maximum absolute atomic E-state index is 13.9. The van der Waals surface area contributed by atoms with Crippen molar-refractivity contribution in [2.45, 2.75) is 77.1 Å². The van der Waals surface area contributed by atoms with Gasteiger partial charge in [-0.05, 0) is 79.5 Å². The van der Waals surface area contributed by atoms with Crippen LogP contribution >= 0.6 is 0 Å². The van der Waals surface area contributed by atoms with Crippen LogP contribution in [0.15, 0.2) is 72.8 Å². The van der Waals surface area contributed by atoms with E-state index >= 15 is 0 Å². The van der Waals surface area contributed by atoms with E-state index in [2.05, 4.69) is 29.7 Å². The standard InChI is InChI=1S/C34H41F2N3O3/c1-3-24-8-7-9-25(16-24)21-37-22-32(40)31(19-26-17-28(35)20-29(36)18-26)38-33(41)14-15-34(42)39(23(2)27-12-13-27)30-10-5-4-6-11-30/h4-11,16-18,20,23,27,31-32,37,40H,3,12-15,19,21-22H2,1-2H3,(H,38,41). The van der Waals surface area contributed by atoms with Gasteiger partial charge in [-0.3, -0.25) is 9.59 Å². The molecule has 3 N–H and O–H groups in total. The predicted molar refractivity (Wildman–Crippen MR) is 161 cm³/mol. The first-order valence-electron chi connectivity index (χ1n) is 14.8. The fourth-order valence-electron chi connectivity index (χ4n) is 5.34. The number of hydrogen-bond acceptors (Lipinski definition) is 4. The number of nitrogens with zero attached hydrogens (tertiary/aromatic N) is 1. The van der Waals surface area contributed by atoms with E-state index < -0.39 is 29.7 Å². The highest BCUT2D eigenvalue weighted by molar-refractivity contribution is 5.96. The van der Waals surface area contributed by atoms with E-state index in [1.165, 1.54) is 17.7 Å². The molecule has 8 heteroatoms. The summed E-state index contributed by atoms with van der Waals surface area (Å²) in [6.45, 7) is 4.79. The van der Waals surface area contributed by atoms with Crippen LogP contribution in [0.4, 0.5) is 14.5 Å². The van der Waals surface area contributed by atoms with Crippen molar-refractivity contribution in [2.24, 2.45) is 5.92 Å². The third-order valence-electron chi connectivity index (χ3n) is 7.85. The van der Waals surface area contributed by atoms with Gasteiger partial charge in [0, 0.05) is 43.7 Å². The number of benzene rings is 3. The number of carbonyl (C=O) groups is 2. The Morgan fingerprint density at radius 2 is 1.62 bits per heavy atom. The number of carbonyl (C=O) groups excluding carboxylic acids is 2. The maximum atomic E-state index is 13.9. The lowest BCUT2D eigenvalue weighted by molar-refractivity contribution is -0.126. The maximum Gasteiger partial charge on any atom is 0.227 e. The number of aliphatic hydroxyl groups is 1. The zero-order valence-corrected chi connectivity index (χ0v) is 24.4. The number of para-hydroxylation sites is 1. The number of nitrogens with one attached hydrogen (secondary N) is 2. The molecule has 0 aliphatic heterocycles. The number of aryl methyl sites for hydroxylation is 1. The molecular weight excluding hydrogens is 536 g/mol. The average molecular weight is 578 g/mol. The summed E-state index contributed by atoms with van der Waals surface area (Å²) in [4.78, 5) is 28.2. The Bertz CT molecular complexity index is 1310. The summed E-state index contributed by atoms with van der Waals surface area (Å²) in [5.41, 5.74) is 3.40. The highest BCUT2D eigenvalue weighted by Crippen LogP contribution is 2.37. The molecular formula is C34H41F2N3O3. The number of amides is 2. The Morgan fingerprint density at radius 3 is 2.29 bits per heavy atom. The molecule has 224 valence electrons. The van der Waals surface area contributed by atoms with Crippen LogP contribution in [0.25, 0.3) is 0 Å². The molecule has 0 heterocycles. The van der Waals surface area contributed by atoms with Crippen LogP contribution in [0, 0.1) is 17.6 Å². The van der Waals surface area contributed by atoms with E-state index in [4.69, 9.17) is 0 Å². The second kappa shape index (κ2) is 15.0. The molecule has 1 saturated carbocycles. The molecule has 3 atom stereocenters. The lowest BCUT2D eigenvalue weighted by Gasteiger charge is -2.30. The topological polar surface area (TPSA) is 81.7 Å². The lowest BCUT2D eigenvalue weighted by Crippen LogP contribution is -2.49. The van der Waals surface area contributed by atoms with E-state index in [9.17, 15) is 23.5 Å². The molecule has 0 aromatic heterocycles. The normalized spacial score (nSPS) is 15.1. The van der Waals surface area contributed by atoms with Crippen molar-refractivity contribution in [1.29, 1.82) is 0 Å². The molecule has 1 fully saturated rings. The molecule has 0 saturated heterocycles. The monoisotopic (exact) mass is 577 g/mol. The van der Waals surface area contributed by atoms with E-state index in [1.54, 1.807) is 4.90 Å². The molecule has 3 aromatic rings. The average Bonchev–Trinajstić information content (AvgIpc) is 3.82. The van der Waals surface area contributed by atoms with Crippen LogP contribution in [0.2, 0.25) is 0 Å². The van der Waals surface area contributed by atoms with Crippen LogP contribution in [-0.2, 0) is 29.0 Å². The van der Waals surface area contributed by atoms with Gasteiger partial charge in [0.1, 0.15) is 11.6 Å².